The zero-order chi connectivity index (χ0) is 13.5. The fourth-order valence-corrected chi connectivity index (χ4v) is 1.67. The van der Waals surface area contributed by atoms with Gasteiger partial charge in [0, 0.05) is 24.8 Å². The van der Waals surface area contributed by atoms with Crippen molar-refractivity contribution in [3.8, 4) is 0 Å². The van der Waals surface area contributed by atoms with Crippen molar-refractivity contribution in [2.24, 2.45) is 0 Å². The molecule has 0 saturated heterocycles. The van der Waals surface area contributed by atoms with Crippen LogP contribution in [0.2, 0.25) is 0 Å². The second kappa shape index (κ2) is 7.01. The van der Waals surface area contributed by atoms with E-state index in [2.05, 4.69) is 31.1 Å². The maximum absolute atomic E-state index is 10.8. The molecule has 4 nitrogen and oxygen atoms in total. The van der Waals surface area contributed by atoms with Gasteiger partial charge in [0.2, 0.25) is 0 Å². The Labute approximate surface area is 109 Å². The Hall–Kier alpha value is -1.55. The molecule has 0 heterocycles. The molecule has 0 aliphatic carbocycles. The van der Waals surface area contributed by atoms with Crippen molar-refractivity contribution in [2.75, 3.05) is 25.5 Å². The molecule has 1 atom stereocenters. The Morgan fingerprint density at radius 1 is 1.50 bits per heavy atom. The van der Waals surface area contributed by atoms with E-state index in [0.29, 0.717) is 11.6 Å². The number of likely N-dealkylation sites (N-methyl/N-ethyl adjacent to an activating group) is 1. The van der Waals surface area contributed by atoms with Crippen LogP contribution < -0.4 is 5.32 Å². The first-order valence-electron chi connectivity index (χ1n) is 6.32. The van der Waals surface area contributed by atoms with Crippen molar-refractivity contribution < 1.29 is 9.90 Å². The second-order valence-electron chi connectivity index (χ2n) is 4.55. The molecule has 2 N–H and O–H groups in total. The van der Waals surface area contributed by atoms with Crippen LogP contribution in [0, 0.1) is 0 Å². The van der Waals surface area contributed by atoms with Gasteiger partial charge >= 0.3 is 5.97 Å². The third-order valence-corrected chi connectivity index (χ3v) is 3.25. The number of rotatable bonds is 7. The van der Waals surface area contributed by atoms with Gasteiger partial charge in [-0.3, -0.25) is 0 Å². The molecule has 1 unspecified atom stereocenters. The number of anilines is 1. The van der Waals surface area contributed by atoms with E-state index in [4.69, 9.17) is 5.11 Å². The Bertz CT molecular complexity index is 393. The first-order valence-corrected chi connectivity index (χ1v) is 6.32. The highest BCUT2D eigenvalue weighted by Crippen LogP contribution is 2.10. The molecule has 1 rings (SSSR count). The smallest absolute Gasteiger partial charge is 0.335 e. The van der Waals surface area contributed by atoms with E-state index in [0.717, 1.165) is 25.2 Å². The van der Waals surface area contributed by atoms with Crippen LogP contribution in [0.3, 0.4) is 0 Å². The molecule has 0 aliphatic heterocycles. The average Bonchev–Trinajstić information content (AvgIpc) is 2.38. The van der Waals surface area contributed by atoms with Crippen LogP contribution in [0.25, 0.3) is 0 Å². The summed E-state index contributed by atoms with van der Waals surface area (Å²) in [5, 5.41) is 12.1. The van der Waals surface area contributed by atoms with E-state index in [1.54, 1.807) is 18.2 Å². The molecule has 0 fully saturated rings. The largest absolute Gasteiger partial charge is 0.478 e. The number of carboxylic acid groups (broad SMARTS) is 1. The van der Waals surface area contributed by atoms with Crippen LogP contribution in [0.4, 0.5) is 5.69 Å². The Morgan fingerprint density at radius 3 is 2.83 bits per heavy atom. The quantitative estimate of drug-likeness (QED) is 0.781. The van der Waals surface area contributed by atoms with Crippen LogP contribution in [0.1, 0.15) is 30.6 Å². The minimum atomic E-state index is -0.893. The van der Waals surface area contributed by atoms with Crippen LogP contribution in [0.5, 0.6) is 0 Å². The van der Waals surface area contributed by atoms with Crippen LogP contribution in [-0.2, 0) is 0 Å². The summed E-state index contributed by atoms with van der Waals surface area (Å²) >= 11 is 0. The molecule has 100 valence electrons. The lowest BCUT2D eigenvalue weighted by atomic mass is 10.2. The molecular weight excluding hydrogens is 228 g/mol. The Kier molecular flexibility index (Phi) is 5.65. The topological polar surface area (TPSA) is 52.6 Å². The highest BCUT2D eigenvalue weighted by Gasteiger charge is 2.06. The van der Waals surface area contributed by atoms with E-state index < -0.39 is 5.97 Å². The summed E-state index contributed by atoms with van der Waals surface area (Å²) in [6.45, 7) is 6.12. The summed E-state index contributed by atoms with van der Waals surface area (Å²) in [6, 6.07) is 7.46. The van der Waals surface area contributed by atoms with Gasteiger partial charge in [0.1, 0.15) is 0 Å². The van der Waals surface area contributed by atoms with Gasteiger partial charge in [-0.1, -0.05) is 13.0 Å². The number of nitrogens with zero attached hydrogens (tertiary/aromatic N) is 1. The average molecular weight is 250 g/mol. The molecule has 4 heteroatoms. The van der Waals surface area contributed by atoms with Gasteiger partial charge in [0.05, 0.1) is 5.56 Å². The zero-order valence-electron chi connectivity index (χ0n) is 11.3. The van der Waals surface area contributed by atoms with Crippen molar-refractivity contribution in [1.29, 1.82) is 0 Å². The third-order valence-electron chi connectivity index (χ3n) is 3.25. The third kappa shape index (κ3) is 4.37. The summed E-state index contributed by atoms with van der Waals surface area (Å²) in [7, 11) is 2.10. The molecule has 0 aliphatic rings. The van der Waals surface area contributed by atoms with E-state index >= 15 is 0 Å². The van der Waals surface area contributed by atoms with Crippen molar-refractivity contribution in [1.82, 2.24) is 4.90 Å². The lowest BCUT2D eigenvalue weighted by molar-refractivity contribution is 0.0697. The highest BCUT2D eigenvalue weighted by atomic mass is 16.4. The predicted molar refractivity (Wildman–Crippen MR) is 74.3 cm³/mol. The first kappa shape index (κ1) is 14.5. The number of nitrogens with one attached hydrogen (secondary N) is 1. The Balaban J connectivity index is 2.44. The minimum Gasteiger partial charge on any atom is -0.478 e. The van der Waals surface area contributed by atoms with Crippen molar-refractivity contribution >= 4 is 11.7 Å². The monoisotopic (exact) mass is 250 g/mol. The maximum Gasteiger partial charge on any atom is 0.335 e. The molecule has 0 radical (unpaired) electrons. The number of benzene rings is 1. The van der Waals surface area contributed by atoms with E-state index in [1.165, 1.54) is 0 Å². The van der Waals surface area contributed by atoms with Crippen LogP contribution in [0.15, 0.2) is 24.3 Å². The molecule has 1 aromatic carbocycles. The summed E-state index contributed by atoms with van der Waals surface area (Å²) in [5.41, 5.74) is 1.17. The van der Waals surface area contributed by atoms with Gasteiger partial charge in [-0.15, -0.1) is 0 Å². The molecule has 0 spiro atoms. The van der Waals surface area contributed by atoms with Crippen molar-refractivity contribution in [3.05, 3.63) is 29.8 Å². The molecule has 1 aromatic rings. The number of hydrogen-bond acceptors (Lipinski definition) is 3. The molecular formula is C14H22N2O2. The maximum atomic E-state index is 10.8. The standard InChI is InChI=1S/C14H22N2O2/c1-4-11(2)16(3)9-8-15-13-7-5-6-12(10-13)14(17)18/h5-7,10-11,15H,4,8-9H2,1-3H3,(H,17,18). The molecule has 0 bridgehead atoms. The van der Waals surface area contributed by atoms with Crippen LogP contribution in [-0.4, -0.2) is 42.2 Å². The molecule has 18 heavy (non-hydrogen) atoms. The summed E-state index contributed by atoms with van der Waals surface area (Å²) < 4.78 is 0. The summed E-state index contributed by atoms with van der Waals surface area (Å²) in [5.74, 6) is -0.893. The molecule has 0 saturated carbocycles. The van der Waals surface area contributed by atoms with Crippen LogP contribution >= 0.6 is 0 Å². The minimum absolute atomic E-state index is 0.315. The van der Waals surface area contributed by atoms with Gasteiger partial charge in [-0.05, 0) is 38.6 Å². The fraction of sp³-hybridized carbons (Fsp3) is 0.500. The summed E-state index contributed by atoms with van der Waals surface area (Å²) in [4.78, 5) is 13.1. The SMILES string of the molecule is CCC(C)N(C)CCNc1cccc(C(=O)O)c1. The number of carboxylic acids is 1. The lowest BCUT2D eigenvalue weighted by Gasteiger charge is -2.23. The summed E-state index contributed by atoms with van der Waals surface area (Å²) in [6.07, 6.45) is 1.13. The van der Waals surface area contributed by atoms with Gasteiger partial charge in [0.25, 0.3) is 0 Å². The van der Waals surface area contributed by atoms with Gasteiger partial charge in [-0.2, -0.15) is 0 Å². The van der Waals surface area contributed by atoms with Gasteiger partial charge in [0.15, 0.2) is 0 Å². The van der Waals surface area contributed by atoms with E-state index in [9.17, 15) is 4.79 Å². The molecule has 0 aromatic heterocycles. The zero-order valence-corrected chi connectivity index (χ0v) is 11.3. The normalized spacial score (nSPS) is 12.4. The number of hydrogen-bond donors (Lipinski definition) is 2. The first-order chi connectivity index (χ1) is 8.54. The van der Waals surface area contributed by atoms with E-state index in [-0.39, 0.29) is 0 Å². The van der Waals surface area contributed by atoms with Crippen molar-refractivity contribution in [2.45, 2.75) is 26.3 Å². The fourth-order valence-electron chi connectivity index (χ4n) is 1.67. The van der Waals surface area contributed by atoms with Gasteiger partial charge in [-0.25, -0.2) is 4.79 Å². The predicted octanol–water partition coefficient (Wildman–Crippen LogP) is 2.53. The number of carbonyl (C=O) groups is 1. The van der Waals surface area contributed by atoms with Crippen molar-refractivity contribution in [3.63, 3.8) is 0 Å². The number of aromatic carboxylic acids is 1. The lowest BCUT2D eigenvalue weighted by Crippen LogP contribution is -2.32. The highest BCUT2D eigenvalue weighted by molar-refractivity contribution is 5.88. The Morgan fingerprint density at radius 2 is 2.22 bits per heavy atom. The van der Waals surface area contributed by atoms with E-state index in [1.807, 2.05) is 6.07 Å². The molecule has 0 amide bonds. The second-order valence-corrected chi connectivity index (χ2v) is 4.55. The van der Waals surface area contributed by atoms with Gasteiger partial charge < -0.3 is 15.3 Å².